The van der Waals surface area contributed by atoms with Crippen LogP contribution in [0.1, 0.15) is 44.6 Å². The van der Waals surface area contributed by atoms with Crippen LogP contribution in [-0.4, -0.2) is 36.7 Å². The predicted octanol–water partition coefficient (Wildman–Crippen LogP) is 2.79. The molecule has 1 aromatic rings. The van der Waals surface area contributed by atoms with E-state index in [9.17, 15) is 14.7 Å². The lowest BCUT2D eigenvalue weighted by Crippen LogP contribution is -2.56. The summed E-state index contributed by atoms with van der Waals surface area (Å²) in [5.41, 5.74) is -0.550. The van der Waals surface area contributed by atoms with Crippen molar-refractivity contribution in [3.63, 3.8) is 0 Å². The number of hydrogen-bond donors (Lipinski definition) is 2. The van der Waals surface area contributed by atoms with E-state index in [1.807, 2.05) is 0 Å². The van der Waals surface area contributed by atoms with Gasteiger partial charge in [-0.25, -0.2) is 4.79 Å². The minimum absolute atomic E-state index is 0.0133. The van der Waals surface area contributed by atoms with Gasteiger partial charge in [0.05, 0.1) is 20.6 Å². The fraction of sp³-hybridized carbons (Fsp3) is 0.579. The standard InChI is InChI=1S/C19H27NO5/c1-4-13-8-10-19(11-9-13,18(22)23)20-17(21)12-14-15(24-2)6-5-7-16(14)25-3/h5-7,13H,4,8-12H2,1-3H3,(H,20,21)(H,22,23). The zero-order valence-corrected chi connectivity index (χ0v) is 15.1. The van der Waals surface area contributed by atoms with Crippen LogP contribution in [0.3, 0.4) is 0 Å². The molecular weight excluding hydrogens is 322 g/mol. The van der Waals surface area contributed by atoms with Crippen LogP contribution in [-0.2, 0) is 16.0 Å². The molecule has 138 valence electrons. The van der Waals surface area contributed by atoms with E-state index in [0.29, 0.717) is 35.8 Å². The van der Waals surface area contributed by atoms with Crippen molar-refractivity contribution < 1.29 is 24.2 Å². The molecule has 2 rings (SSSR count). The highest BCUT2D eigenvalue weighted by Crippen LogP contribution is 2.34. The Morgan fingerprint density at radius 3 is 2.20 bits per heavy atom. The number of nitrogens with one attached hydrogen (secondary N) is 1. The van der Waals surface area contributed by atoms with Crippen molar-refractivity contribution in [3.8, 4) is 11.5 Å². The first kappa shape index (κ1) is 19.1. The van der Waals surface area contributed by atoms with Gasteiger partial charge in [0.25, 0.3) is 0 Å². The van der Waals surface area contributed by atoms with Gasteiger partial charge in [-0.1, -0.05) is 19.4 Å². The molecule has 1 aliphatic rings. The van der Waals surface area contributed by atoms with E-state index < -0.39 is 11.5 Å². The van der Waals surface area contributed by atoms with Crippen LogP contribution in [0.15, 0.2) is 18.2 Å². The zero-order valence-electron chi connectivity index (χ0n) is 15.1. The number of rotatable bonds is 7. The van der Waals surface area contributed by atoms with E-state index in [-0.39, 0.29) is 12.3 Å². The number of hydrogen-bond acceptors (Lipinski definition) is 4. The topological polar surface area (TPSA) is 84.9 Å². The van der Waals surface area contributed by atoms with Crippen molar-refractivity contribution >= 4 is 11.9 Å². The molecule has 0 aromatic heterocycles. The summed E-state index contributed by atoms with van der Waals surface area (Å²) in [6.45, 7) is 2.12. The first-order valence-corrected chi connectivity index (χ1v) is 8.70. The summed E-state index contributed by atoms with van der Waals surface area (Å²) in [6, 6.07) is 5.29. The lowest BCUT2D eigenvalue weighted by Gasteiger charge is -2.37. The van der Waals surface area contributed by atoms with E-state index in [2.05, 4.69) is 12.2 Å². The average Bonchev–Trinajstić information content (AvgIpc) is 2.62. The Labute approximate surface area is 148 Å². The largest absolute Gasteiger partial charge is 0.496 e. The summed E-state index contributed by atoms with van der Waals surface area (Å²) in [4.78, 5) is 24.4. The molecule has 0 spiro atoms. The van der Waals surface area contributed by atoms with Gasteiger partial charge in [-0.2, -0.15) is 0 Å². The van der Waals surface area contributed by atoms with Crippen LogP contribution in [0.5, 0.6) is 11.5 Å². The van der Waals surface area contributed by atoms with Crippen LogP contribution in [0, 0.1) is 5.92 Å². The molecule has 1 saturated carbocycles. The molecule has 6 nitrogen and oxygen atoms in total. The molecule has 6 heteroatoms. The van der Waals surface area contributed by atoms with E-state index in [1.54, 1.807) is 18.2 Å². The fourth-order valence-corrected chi connectivity index (χ4v) is 3.54. The van der Waals surface area contributed by atoms with Crippen molar-refractivity contribution in [1.29, 1.82) is 0 Å². The summed E-state index contributed by atoms with van der Waals surface area (Å²) in [6.07, 6.45) is 3.63. The summed E-state index contributed by atoms with van der Waals surface area (Å²) in [5.74, 6) is 0.350. The SMILES string of the molecule is CCC1CCC(NC(=O)Cc2c(OC)cccc2OC)(C(=O)O)CC1. The van der Waals surface area contributed by atoms with Gasteiger partial charge in [0.15, 0.2) is 0 Å². The van der Waals surface area contributed by atoms with Crippen molar-refractivity contribution in [3.05, 3.63) is 23.8 Å². The third kappa shape index (κ3) is 4.24. The van der Waals surface area contributed by atoms with E-state index in [4.69, 9.17) is 9.47 Å². The molecule has 1 fully saturated rings. The Kier molecular flexibility index (Phi) is 6.28. The Bertz CT molecular complexity index is 598. The number of carboxylic acid groups (broad SMARTS) is 1. The normalized spacial score (nSPS) is 22.9. The van der Waals surface area contributed by atoms with Gasteiger partial charge in [0.2, 0.25) is 5.91 Å². The molecular formula is C19H27NO5. The molecule has 0 heterocycles. The molecule has 0 atom stereocenters. The number of carbonyl (C=O) groups is 2. The Hall–Kier alpha value is -2.24. The molecule has 0 radical (unpaired) electrons. The Morgan fingerprint density at radius 1 is 1.20 bits per heavy atom. The van der Waals surface area contributed by atoms with Crippen molar-refractivity contribution in [2.24, 2.45) is 5.92 Å². The average molecular weight is 349 g/mol. The van der Waals surface area contributed by atoms with Crippen molar-refractivity contribution in [2.75, 3.05) is 14.2 Å². The fourth-order valence-electron chi connectivity index (χ4n) is 3.54. The molecule has 0 bridgehead atoms. The number of ether oxygens (including phenoxy) is 2. The minimum atomic E-state index is -1.17. The highest BCUT2D eigenvalue weighted by Gasteiger charge is 2.43. The summed E-state index contributed by atoms with van der Waals surface area (Å²) in [5, 5.41) is 12.5. The quantitative estimate of drug-likeness (QED) is 0.791. The molecule has 1 aromatic carbocycles. The zero-order chi connectivity index (χ0) is 18.4. The highest BCUT2D eigenvalue weighted by atomic mass is 16.5. The van der Waals surface area contributed by atoms with Gasteiger partial charge < -0.3 is 19.9 Å². The van der Waals surface area contributed by atoms with Gasteiger partial charge >= 0.3 is 5.97 Å². The molecule has 1 amide bonds. The maximum absolute atomic E-state index is 12.6. The molecule has 0 saturated heterocycles. The highest BCUT2D eigenvalue weighted by molar-refractivity contribution is 5.88. The number of aliphatic carboxylic acids is 1. The molecule has 25 heavy (non-hydrogen) atoms. The number of methoxy groups -OCH3 is 2. The number of benzene rings is 1. The van der Waals surface area contributed by atoms with Crippen LogP contribution in [0.2, 0.25) is 0 Å². The first-order chi connectivity index (χ1) is 12.0. The van der Waals surface area contributed by atoms with E-state index >= 15 is 0 Å². The summed E-state index contributed by atoms with van der Waals surface area (Å²) < 4.78 is 10.6. The monoisotopic (exact) mass is 349 g/mol. The number of carbonyl (C=O) groups excluding carboxylic acids is 1. The maximum Gasteiger partial charge on any atom is 0.329 e. The van der Waals surface area contributed by atoms with E-state index in [0.717, 1.165) is 19.3 Å². The minimum Gasteiger partial charge on any atom is -0.496 e. The van der Waals surface area contributed by atoms with Gasteiger partial charge in [0, 0.05) is 5.56 Å². The maximum atomic E-state index is 12.6. The third-order valence-electron chi connectivity index (χ3n) is 5.19. The molecule has 1 aliphatic carbocycles. The van der Waals surface area contributed by atoms with Crippen molar-refractivity contribution in [1.82, 2.24) is 5.32 Å². The second-order valence-electron chi connectivity index (χ2n) is 6.60. The van der Waals surface area contributed by atoms with Crippen molar-refractivity contribution in [2.45, 2.75) is 51.0 Å². The first-order valence-electron chi connectivity index (χ1n) is 8.70. The van der Waals surface area contributed by atoms with Crippen LogP contribution in [0.4, 0.5) is 0 Å². The summed E-state index contributed by atoms with van der Waals surface area (Å²) in [7, 11) is 3.06. The second-order valence-corrected chi connectivity index (χ2v) is 6.60. The van der Waals surface area contributed by atoms with E-state index in [1.165, 1.54) is 14.2 Å². The number of carboxylic acids is 1. The Balaban J connectivity index is 2.14. The molecule has 0 aliphatic heterocycles. The van der Waals surface area contributed by atoms with Crippen LogP contribution >= 0.6 is 0 Å². The smallest absolute Gasteiger partial charge is 0.329 e. The lowest BCUT2D eigenvalue weighted by atomic mass is 9.75. The van der Waals surface area contributed by atoms with Gasteiger partial charge in [-0.05, 0) is 43.7 Å². The third-order valence-corrected chi connectivity index (χ3v) is 5.19. The van der Waals surface area contributed by atoms with Crippen LogP contribution < -0.4 is 14.8 Å². The Morgan fingerprint density at radius 2 is 1.76 bits per heavy atom. The second kappa shape index (κ2) is 8.23. The van der Waals surface area contributed by atoms with Crippen LogP contribution in [0.25, 0.3) is 0 Å². The summed E-state index contributed by atoms with van der Waals surface area (Å²) >= 11 is 0. The van der Waals surface area contributed by atoms with Gasteiger partial charge in [-0.15, -0.1) is 0 Å². The van der Waals surface area contributed by atoms with Gasteiger partial charge in [0.1, 0.15) is 17.0 Å². The van der Waals surface area contributed by atoms with Gasteiger partial charge in [-0.3, -0.25) is 4.79 Å². The lowest BCUT2D eigenvalue weighted by molar-refractivity contribution is -0.149. The molecule has 2 N–H and O–H groups in total. The predicted molar refractivity (Wildman–Crippen MR) is 94.0 cm³/mol. The number of amides is 1. The molecule has 0 unspecified atom stereocenters.